The summed E-state index contributed by atoms with van der Waals surface area (Å²) in [6.07, 6.45) is -0.261. The van der Waals surface area contributed by atoms with Crippen molar-refractivity contribution in [3.05, 3.63) is 70.2 Å². The highest BCUT2D eigenvalue weighted by Gasteiger charge is 2.42. The maximum Gasteiger partial charge on any atom is 0.218 e. The largest absolute Gasteiger partial charge is 0.370 e. The Morgan fingerprint density at radius 3 is 2.35 bits per heavy atom. The predicted octanol–water partition coefficient (Wildman–Crippen LogP) is 4.33. The van der Waals surface area contributed by atoms with E-state index < -0.39 is 15.6 Å². The molecule has 0 radical (unpaired) electrons. The average Bonchev–Trinajstić information content (AvgIpc) is 2.57. The van der Waals surface area contributed by atoms with E-state index in [1.807, 2.05) is 45.0 Å². The van der Waals surface area contributed by atoms with Crippen LogP contribution in [0.3, 0.4) is 0 Å². The monoisotopic (exact) mass is 393 g/mol. The van der Waals surface area contributed by atoms with E-state index in [1.165, 1.54) is 0 Å². The van der Waals surface area contributed by atoms with Gasteiger partial charge < -0.3 is 4.74 Å². The second kappa shape index (κ2) is 7.31. The number of rotatable bonds is 4. The summed E-state index contributed by atoms with van der Waals surface area (Å²) in [4.78, 5) is 0. The number of morpholine rings is 1. The molecule has 6 heteroatoms. The third-order valence-electron chi connectivity index (χ3n) is 4.69. The highest BCUT2D eigenvalue weighted by Crippen LogP contribution is 2.33. The molecule has 3 rings (SSSR count). The van der Waals surface area contributed by atoms with Crippen molar-refractivity contribution < 1.29 is 13.2 Å². The van der Waals surface area contributed by atoms with Crippen LogP contribution in [-0.2, 0) is 20.5 Å². The number of ether oxygens (including phenoxy) is 1. The standard InChI is InChI=1S/C20H24ClNO3S/c1-15-4-8-17(9-5-15)19-12-22(20(2,3)14-25-19)26(23,24)13-16-6-10-18(21)11-7-16/h4-11,19H,12-14H2,1-3H3. The number of aryl methyl sites for hydroxylation is 1. The molecule has 0 bridgehead atoms. The molecule has 1 fully saturated rings. The van der Waals surface area contributed by atoms with Crippen molar-refractivity contribution in [1.29, 1.82) is 0 Å². The number of sulfonamides is 1. The summed E-state index contributed by atoms with van der Waals surface area (Å²) >= 11 is 5.90. The molecule has 0 aromatic heterocycles. The minimum absolute atomic E-state index is 0.0474. The normalized spacial score (nSPS) is 20.8. The van der Waals surface area contributed by atoms with Crippen LogP contribution in [0.2, 0.25) is 5.02 Å². The van der Waals surface area contributed by atoms with Gasteiger partial charge in [0.1, 0.15) is 0 Å². The summed E-state index contributed by atoms with van der Waals surface area (Å²) < 4.78 is 33.8. The van der Waals surface area contributed by atoms with E-state index in [4.69, 9.17) is 16.3 Å². The van der Waals surface area contributed by atoms with Gasteiger partial charge in [-0.1, -0.05) is 53.6 Å². The molecule has 1 unspecified atom stereocenters. The Kier molecular flexibility index (Phi) is 5.45. The van der Waals surface area contributed by atoms with E-state index in [1.54, 1.807) is 28.6 Å². The lowest BCUT2D eigenvalue weighted by molar-refractivity contribution is -0.0655. The van der Waals surface area contributed by atoms with Gasteiger partial charge in [-0.2, -0.15) is 4.31 Å². The van der Waals surface area contributed by atoms with Crippen molar-refractivity contribution in [2.75, 3.05) is 13.2 Å². The van der Waals surface area contributed by atoms with Crippen molar-refractivity contribution in [3.63, 3.8) is 0 Å². The fourth-order valence-electron chi connectivity index (χ4n) is 3.17. The Labute approximate surface area is 160 Å². The van der Waals surface area contributed by atoms with Gasteiger partial charge in [0.05, 0.1) is 24.0 Å². The second-order valence-electron chi connectivity index (χ2n) is 7.44. The van der Waals surface area contributed by atoms with Crippen LogP contribution in [0, 0.1) is 6.92 Å². The van der Waals surface area contributed by atoms with Gasteiger partial charge in [-0.15, -0.1) is 0 Å². The average molecular weight is 394 g/mol. The first-order valence-electron chi connectivity index (χ1n) is 8.60. The van der Waals surface area contributed by atoms with Crippen LogP contribution in [0.4, 0.5) is 0 Å². The lowest BCUT2D eigenvalue weighted by Crippen LogP contribution is -2.56. The number of halogens is 1. The van der Waals surface area contributed by atoms with Crippen molar-refractivity contribution in [3.8, 4) is 0 Å². The fraction of sp³-hybridized carbons (Fsp3) is 0.400. The number of nitrogens with zero attached hydrogens (tertiary/aromatic N) is 1. The summed E-state index contributed by atoms with van der Waals surface area (Å²) in [5.74, 6) is -0.0474. The van der Waals surface area contributed by atoms with Crippen molar-refractivity contribution in [2.24, 2.45) is 0 Å². The highest BCUT2D eigenvalue weighted by atomic mass is 35.5. The Morgan fingerprint density at radius 2 is 1.73 bits per heavy atom. The molecule has 0 saturated carbocycles. The Balaban J connectivity index is 1.84. The van der Waals surface area contributed by atoms with Crippen LogP contribution in [0.5, 0.6) is 0 Å². The maximum atomic E-state index is 13.1. The molecule has 140 valence electrons. The van der Waals surface area contributed by atoms with E-state index >= 15 is 0 Å². The van der Waals surface area contributed by atoms with Gasteiger partial charge in [-0.25, -0.2) is 8.42 Å². The van der Waals surface area contributed by atoms with Crippen LogP contribution in [0.15, 0.2) is 48.5 Å². The summed E-state index contributed by atoms with van der Waals surface area (Å²) in [5.41, 5.74) is 2.30. The number of benzene rings is 2. The van der Waals surface area contributed by atoms with Gasteiger partial charge in [0.2, 0.25) is 10.0 Å². The SMILES string of the molecule is Cc1ccc(C2CN(S(=O)(=O)Cc3ccc(Cl)cc3)C(C)(C)CO2)cc1. The first-order valence-corrected chi connectivity index (χ1v) is 10.6. The van der Waals surface area contributed by atoms with Gasteiger partial charge >= 0.3 is 0 Å². The molecule has 0 aliphatic carbocycles. The molecule has 0 N–H and O–H groups in total. The van der Waals surface area contributed by atoms with Crippen LogP contribution < -0.4 is 0 Å². The molecule has 1 aliphatic heterocycles. The van der Waals surface area contributed by atoms with Gasteiger partial charge in [0.15, 0.2) is 0 Å². The summed E-state index contributed by atoms with van der Waals surface area (Å²) in [6, 6.07) is 15.0. The minimum atomic E-state index is -3.50. The van der Waals surface area contributed by atoms with Crippen LogP contribution in [0.25, 0.3) is 0 Å². The maximum absolute atomic E-state index is 13.1. The molecule has 0 amide bonds. The summed E-state index contributed by atoms with van der Waals surface area (Å²) in [6.45, 7) is 6.49. The molecule has 1 aliphatic rings. The van der Waals surface area contributed by atoms with Gasteiger partial charge in [-0.3, -0.25) is 0 Å². The zero-order valence-corrected chi connectivity index (χ0v) is 16.8. The summed E-state index contributed by atoms with van der Waals surface area (Å²) in [7, 11) is -3.50. The molecule has 1 atom stereocenters. The van der Waals surface area contributed by atoms with Crippen molar-refractivity contribution in [1.82, 2.24) is 4.31 Å². The highest BCUT2D eigenvalue weighted by molar-refractivity contribution is 7.88. The Hall–Kier alpha value is -1.40. The topological polar surface area (TPSA) is 46.6 Å². The number of hydrogen-bond donors (Lipinski definition) is 0. The van der Waals surface area contributed by atoms with Gasteiger partial charge in [0, 0.05) is 11.6 Å². The smallest absolute Gasteiger partial charge is 0.218 e. The number of hydrogen-bond acceptors (Lipinski definition) is 3. The Bertz CT molecular complexity index is 861. The zero-order chi connectivity index (χ0) is 18.9. The zero-order valence-electron chi connectivity index (χ0n) is 15.3. The third-order valence-corrected chi connectivity index (χ3v) is 6.96. The quantitative estimate of drug-likeness (QED) is 0.776. The second-order valence-corrected chi connectivity index (χ2v) is 9.77. The molecular formula is C20H24ClNO3S. The Morgan fingerprint density at radius 1 is 1.12 bits per heavy atom. The van der Waals surface area contributed by atoms with Gasteiger partial charge in [0.25, 0.3) is 0 Å². The van der Waals surface area contributed by atoms with Crippen LogP contribution >= 0.6 is 11.6 Å². The first kappa shape index (κ1) is 19.4. The first-order chi connectivity index (χ1) is 12.2. The summed E-state index contributed by atoms with van der Waals surface area (Å²) in [5, 5.41) is 0.595. The fourth-order valence-corrected chi connectivity index (χ4v) is 5.23. The van der Waals surface area contributed by atoms with E-state index in [0.29, 0.717) is 18.2 Å². The molecule has 1 heterocycles. The molecule has 2 aromatic carbocycles. The molecule has 1 saturated heterocycles. The predicted molar refractivity (Wildman–Crippen MR) is 105 cm³/mol. The molecule has 26 heavy (non-hydrogen) atoms. The van der Waals surface area contributed by atoms with Crippen molar-refractivity contribution in [2.45, 2.75) is 38.2 Å². The van der Waals surface area contributed by atoms with E-state index in [0.717, 1.165) is 16.7 Å². The third kappa shape index (κ3) is 4.29. The molecule has 4 nitrogen and oxygen atoms in total. The van der Waals surface area contributed by atoms with Crippen molar-refractivity contribution >= 4 is 21.6 Å². The van der Waals surface area contributed by atoms with Crippen LogP contribution in [-0.4, -0.2) is 31.4 Å². The van der Waals surface area contributed by atoms with Gasteiger partial charge in [-0.05, 0) is 44.0 Å². The lowest BCUT2D eigenvalue weighted by atomic mass is 10.0. The molecule has 2 aromatic rings. The van der Waals surface area contributed by atoms with E-state index in [-0.39, 0.29) is 11.9 Å². The lowest BCUT2D eigenvalue weighted by Gasteiger charge is -2.44. The van der Waals surface area contributed by atoms with E-state index in [2.05, 4.69) is 0 Å². The minimum Gasteiger partial charge on any atom is -0.370 e. The van der Waals surface area contributed by atoms with Crippen LogP contribution in [0.1, 0.15) is 36.6 Å². The molecule has 0 spiro atoms. The molecular weight excluding hydrogens is 370 g/mol. The van der Waals surface area contributed by atoms with E-state index in [9.17, 15) is 8.42 Å².